The van der Waals surface area contributed by atoms with Gasteiger partial charge in [-0.2, -0.15) is 4.98 Å². The molecule has 0 aliphatic rings. The van der Waals surface area contributed by atoms with Gasteiger partial charge in [0.1, 0.15) is 6.04 Å². The fraction of sp³-hybridized carbons (Fsp3) is 0.357. The highest BCUT2D eigenvalue weighted by molar-refractivity contribution is 5.83. The Hall–Kier alpha value is -3.17. The van der Waals surface area contributed by atoms with Crippen molar-refractivity contribution in [2.24, 2.45) is 0 Å². The lowest BCUT2D eigenvalue weighted by Gasteiger charge is -2.12. The lowest BCUT2D eigenvalue weighted by molar-refractivity contribution is -0.144. The third-order valence-electron chi connectivity index (χ3n) is 2.89. The number of esters is 1. The van der Waals surface area contributed by atoms with E-state index in [4.69, 9.17) is 9.26 Å². The number of nitrogens with zero attached hydrogens (tertiary/aromatic N) is 2. The summed E-state index contributed by atoms with van der Waals surface area (Å²) in [5, 5.41) is 8.64. The molecular weight excluding hydrogens is 318 g/mol. The number of urea groups is 1. The molecular formula is C14H17N5O5. The molecule has 0 saturated heterocycles. The van der Waals surface area contributed by atoms with Crippen molar-refractivity contribution >= 4 is 12.0 Å². The topological polar surface area (TPSA) is 139 Å². The molecule has 10 heteroatoms. The summed E-state index contributed by atoms with van der Waals surface area (Å²) in [5.41, 5.74) is 0.207. The Morgan fingerprint density at radius 1 is 1.46 bits per heavy atom. The second-order valence-electron chi connectivity index (χ2n) is 4.75. The molecule has 10 nitrogen and oxygen atoms in total. The summed E-state index contributed by atoms with van der Waals surface area (Å²) < 4.78 is 9.77. The van der Waals surface area contributed by atoms with E-state index in [0.717, 1.165) is 0 Å². The minimum atomic E-state index is -0.778. The number of hydrogen-bond acceptors (Lipinski definition) is 7. The molecule has 1 unspecified atom stereocenters. The number of aromatic nitrogens is 3. The van der Waals surface area contributed by atoms with Gasteiger partial charge in [0.05, 0.1) is 13.2 Å². The van der Waals surface area contributed by atoms with Crippen LogP contribution < -0.4 is 16.2 Å². The second kappa shape index (κ2) is 7.90. The normalized spacial score (nSPS) is 11.6. The maximum atomic E-state index is 11.7. The van der Waals surface area contributed by atoms with Crippen molar-refractivity contribution in [3.05, 3.63) is 34.6 Å². The molecule has 2 heterocycles. The van der Waals surface area contributed by atoms with E-state index in [1.165, 1.54) is 19.2 Å². The van der Waals surface area contributed by atoms with Crippen LogP contribution in [-0.2, 0) is 16.1 Å². The quantitative estimate of drug-likeness (QED) is 0.640. The van der Waals surface area contributed by atoms with Gasteiger partial charge in [-0.3, -0.25) is 4.79 Å². The Kier molecular flexibility index (Phi) is 5.66. The van der Waals surface area contributed by atoms with Crippen LogP contribution in [-0.4, -0.2) is 39.8 Å². The first-order valence-corrected chi connectivity index (χ1v) is 7.22. The summed E-state index contributed by atoms with van der Waals surface area (Å²) in [7, 11) is 0. The van der Waals surface area contributed by atoms with Gasteiger partial charge < -0.3 is 24.9 Å². The van der Waals surface area contributed by atoms with Gasteiger partial charge >= 0.3 is 12.0 Å². The molecule has 3 N–H and O–H groups in total. The average Bonchev–Trinajstić information content (AvgIpc) is 3.02. The van der Waals surface area contributed by atoms with Crippen LogP contribution >= 0.6 is 0 Å². The van der Waals surface area contributed by atoms with Crippen LogP contribution in [0.1, 0.15) is 19.7 Å². The number of H-pyrrole nitrogens is 1. The number of amides is 2. The highest BCUT2D eigenvalue weighted by Gasteiger charge is 2.17. The first kappa shape index (κ1) is 17.2. The van der Waals surface area contributed by atoms with Gasteiger partial charge in [0, 0.05) is 17.8 Å². The van der Waals surface area contributed by atoms with E-state index in [-0.39, 0.29) is 30.4 Å². The van der Waals surface area contributed by atoms with Gasteiger partial charge in [0.25, 0.3) is 0 Å². The average molecular weight is 335 g/mol. The molecule has 2 rings (SSSR count). The molecule has 2 aromatic rings. The molecule has 0 aliphatic carbocycles. The summed E-state index contributed by atoms with van der Waals surface area (Å²) in [6.07, 6.45) is 1.47. The number of pyridine rings is 1. The number of hydrogen-bond donors (Lipinski definition) is 3. The lowest BCUT2D eigenvalue weighted by atomic mass is 10.2. The predicted molar refractivity (Wildman–Crippen MR) is 81.8 cm³/mol. The molecule has 0 aromatic carbocycles. The number of carbonyl (C=O) groups is 2. The van der Waals surface area contributed by atoms with Crippen LogP contribution in [0.3, 0.4) is 0 Å². The molecule has 0 saturated carbocycles. The van der Waals surface area contributed by atoms with Crippen LogP contribution in [0.25, 0.3) is 11.4 Å². The van der Waals surface area contributed by atoms with Gasteiger partial charge in [0.15, 0.2) is 0 Å². The van der Waals surface area contributed by atoms with E-state index in [9.17, 15) is 14.4 Å². The third kappa shape index (κ3) is 4.66. The van der Waals surface area contributed by atoms with Crippen LogP contribution in [0.2, 0.25) is 0 Å². The van der Waals surface area contributed by atoms with Crippen molar-refractivity contribution in [2.75, 3.05) is 6.61 Å². The van der Waals surface area contributed by atoms with E-state index < -0.39 is 18.0 Å². The Balaban J connectivity index is 1.88. The highest BCUT2D eigenvalue weighted by Crippen LogP contribution is 2.12. The molecule has 1 atom stereocenters. The van der Waals surface area contributed by atoms with Gasteiger partial charge in [-0.25, -0.2) is 9.59 Å². The summed E-state index contributed by atoms with van der Waals surface area (Å²) in [5.74, 6) is -0.135. The predicted octanol–water partition coefficient (Wildman–Crippen LogP) is 0.176. The van der Waals surface area contributed by atoms with E-state index in [2.05, 4.69) is 25.8 Å². The van der Waals surface area contributed by atoms with Crippen LogP contribution in [0.4, 0.5) is 4.79 Å². The Bertz CT molecular complexity index is 769. The molecule has 0 bridgehead atoms. The highest BCUT2D eigenvalue weighted by atomic mass is 16.5. The Labute approximate surface area is 136 Å². The van der Waals surface area contributed by atoms with Gasteiger partial charge in [-0.05, 0) is 19.9 Å². The summed E-state index contributed by atoms with van der Waals surface area (Å²) in [6.45, 7) is 3.39. The standard InChI is InChI=1S/C14H17N5O5/c1-3-23-13(21)8(2)17-14(22)16-7-11-18-12(19-24-11)9-4-5-15-10(20)6-9/h4-6,8H,3,7H2,1-2H3,(H,15,20)(H2,16,17,22). The molecule has 128 valence electrons. The maximum absolute atomic E-state index is 11.7. The monoisotopic (exact) mass is 335 g/mol. The second-order valence-corrected chi connectivity index (χ2v) is 4.75. The minimum Gasteiger partial charge on any atom is -0.464 e. The van der Waals surface area contributed by atoms with Crippen molar-refractivity contribution < 1.29 is 18.8 Å². The summed E-state index contributed by atoms with van der Waals surface area (Å²) >= 11 is 0. The van der Waals surface area contributed by atoms with Crippen molar-refractivity contribution in [2.45, 2.75) is 26.4 Å². The van der Waals surface area contributed by atoms with E-state index in [1.807, 2.05) is 0 Å². The van der Waals surface area contributed by atoms with E-state index in [0.29, 0.717) is 5.56 Å². The van der Waals surface area contributed by atoms with Gasteiger partial charge in [-0.1, -0.05) is 5.16 Å². The third-order valence-corrected chi connectivity index (χ3v) is 2.89. The van der Waals surface area contributed by atoms with Crippen molar-refractivity contribution in [1.29, 1.82) is 0 Å². The zero-order valence-electron chi connectivity index (χ0n) is 13.2. The fourth-order valence-corrected chi connectivity index (χ4v) is 1.76. The van der Waals surface area contributed by atoms with Crippen LogP contribution in [0, 0.1) is 0 Å². The SMILES string of the molecule is CCOC(=O)C(C)NC(=O)NCc1nc(-c2cc[nH]c(=O)c2)no1. The maximum Gasteiger partial charge on any atom is 0.328 e. The Morgan fingerprint density at radius 2 is 2.25 bits per heavy atom. The first-order valence-electron chi connectivity index (χ1n) is 7.22. The van der Waals surface area contributed by atoms with Crippen molar-refractivity contribution in [3.8, 4) is 11.4 Å². The number of rotatable bonds is 6. The number of ether oxygens (including phenoxy) is 1. The van der Waals surface area contributed by atoms with Crippen LogP contribution in [0.15, 0.2) is 27.6 Å². The largest absolute Gasteiger partial charge is 0.464 e. The molecule has 2 amide bonds. The van der Waals surface area contributed by atoms with Crippen molar-refractivity contribution in [3.63, 3.8) is 0 Å². The Morgan fingerprint density at radius 3 is 2.96 bits per heavy atom. The number of aromatic amines is 1. The first-order chi connectivity index (χ1) is 11.5. The minimum absolute atomic E-state index is 0.0302. The van der Waals surface area contributed by atoms with E-state index in [1.54, 1.807) is 13.0 Å². The molecule has 0 aliphatic heterocycles. The summed E-state index contributed by atoms with van der Waals surface area (Å²) in [4.78, 5) is 40.9. The molecule has 2 aromatic heterocycles. The molecule has 0 spiro atoms. The van der Waals surface area contributed by atoms with Gasteiger partial charge in [-0.15, -0.1) is 0 Å². The van der Waals surface area contributed by atoms with Crippen molar-refractivity contribution in [1.82, 2.24) is 25.8 Å². The van der Waals surface area contributed by atoms with Crippen LogP contribution in [0.5, 0.6) is 0 Å². The lowest BCUT2D eigenvalue weighted by Crippen LogP contribution is -2.44. The molecule has 24 heavy (non-hydrogen) atoms. The smallest absolute Gasteiger partial charge is 0.328 e. The zero-order chi connectivity index (χ0) is 17.5. The summed E-state index contributed by atoms with van der Waals surface area (Å²) in [6, 6.07) is 1.60. The zero-order valence-corrected chi connectivity index (χ0v) is 13.2. The fourth-order valence-electron chi connectivity index (χ4n) is 1.76. The van der Waals surface area contributed by atoms with Gasteiger partial charge in [0.2, 0.25) is 17.3 Å². The number of carbonyl (C=O) groups excluding carboxylic acids is 2. The molecule has 0 radical (unpaired) electrons. The molecule has 0 fully saturated rings. The van der Waals surface area contributed by atoms with E-state index >= 15 is 0 Å². The number of nitrogens with one attached hydrogen (secondary N) is 3.